The fourth-order valence-electron chi connectivity index (χ4n) is 1.56. The molecule has 104 valence electrons. The Labute approximate surface area is 121 Å². The van der Waals surface area contributed by atoms with Crippen LogP contribution in [-0.4, -0.2) is 25.2 Å². The van der Waals surface area contributed by atoms with E-state index in [1.165, 1.54) is 12.1 Å². The van der Waals surface area contributed by atoms with Gasteiger partial charge in [0.05, 0.1) is 16.2 Å². The average Bonchev–Trinajstić information content (AvgIpc) is 2.37. The lowest BCUT2D eigenvalue weighted by molar-refractivity contribution is 0.0696. The number of carboxylic acids is 1. The van der Waals surface area contributed by atoms with Crippen LogP contribution in [-0.2, 0) is 16.3 Å². The monoisotopic (exact) mass is 322 g/mol. The Bertz CT molecular complexity index is 621. The molecule has 0 aliphatic carbocycles. The Hall–Kier alpha value is -1.04. The van der Waals surface area contributed by atoms with Crippen molar-refractivity contribution in [3.05, 3.63) is 39.9 Å². The number of rotatable bonds is 5. The van der Waals surface area contributed by atoms with Crippen LogP contribution in [0.3, 0.4) is 0 Å². The quantitative estimate of drug-likeness (QED) is 0.904. The molecule has 0 aliphatic heterocycles. The Kier molecular flexibility index (Phi) is 5.40. The van der Waals surface area contributed by atoms with Crippen molar-refractivity contribution in [2.24, 2.45) is 0 Å². The van der Waals surface area contributed by atoms with E-state index in [4.69, 9.17) is 28.3 Å². The first-order valence-corrected chi connectivity index (χ1v) is 7.82. The van der Waals surface area contributed by atoms with Crippen molar-refractivity contribution in [3.63, 3.8) is 0 Å². The lowest BCUT2D eigenvalue weighted by atomic mass is 10.1. The van der Waals surface area contributed by atoms with Gasteiger partial charge in [-0.2, -0.15) is 0 Å². The van der Waals surface area contributed by atoms with Crippen molar-refractivity contribution in [2.45, 2.75) is 18.2 Å². The van der Waals surface area contributed by atoms with E-state index in [0.717, 1.165) is 11.6 Å². The van der Waals surface area contributed by atoms with E-state index in [1.54, 1.807) is 6.92 Å². The van der Waals surface area contributed by atoms with Gasteiger partial charge in [0.1, 0.15) is 0 Å². The second-order valence-corrected chi connectivity index (χ2v) is 6.46. The number of benzene rings is 1. The summed E-state index contributed by atoms with van der Waals surface area (Å²) in [6, 6.07) is 4.02. The number of carbonyl (C=O) groups is 1. The predicted octanol–water partition coefficient (Wildman–Crippen LogP) is 3.04. The first-order valence-electron chi connectivity index (χ1n) is 5.35. The number of halogens is 2. The number of sulfone groups is 1. The van der Waals surface area contributed by atoms with Gasteiger partial charge in [0, 0.05) is 10.6 Å². The summed E-state index contributed by atoms with van der Waals surface area (Å²) in [7, 11) is -3.72. The molecular formula is C12H12Cl2O4S. The van der Waals surface area contributed by atoms with E-state index in [9.17, 15) is 13.2 Å². The molecule has 0 amide bonds. The molecule has 4 nitrogen and oxygen atoms in total. The molecule has 1 aromatic carbocycles. The summed E-state index contributed by atoms with van der Waals surface area (Å²) < 4.78 is 24.4. The van der Waals surface area contributed by atoms with Crippen LogP contribution in [0.25, 0.3) is 0 Å². The number of hydrogen-bond donors (Lipinski definition) is 1. The van der Waals surface area contributed by atoms with Crippen molar-refractivity contribution in [1.29, 1.82) is 0 Å². The standard InChI is InChI=1S/C12H12Cl2O4S/c1-2-8-3-4-9(12(15)16)5-11(8)19(17,18)7-10(14)6-13/h3-6H,2,7H2,1H3,(H,15,16). The summed E-state index contributed by atoms with van der Waals surface area (Å²) >= 11 is 11.0. The molecule has 1 rings (SSSR count). The molecule has 0 heterocycles. The maximum Gasteiger partial charge on any atom is 0.335 e. The predicted molar refractivity (Wildman–Crippen MR) is 74.6 cm³/mol. The van der Waals surface area contributed by atoms with E-state index < -0.39 is 21.6 Å². The lowest BCUT2D eigenvalue weighted by Gasteiger charge is -2.09. The highest BCUT2D eigenvalue weighted by atomic mass is 35.5. The van der Waals surface area contributed by atoms with Crippen molar-refractivity contribution < 1.29 is 18.3 Å². The largest absolute Gasteiger partial charge is 0.478 e. The minimum Gasteiger partial charge on any atom is -0.478 e. The third kappa shape index (κ3) is 3.96. The number of aromatic carboxylic acids is 1. The van der Waals surface area contributed by atoms with Crippen molar-refractivity contribution in [3.8, 4) is 0 Å². The van der Waals surface area contributed by atoms with Gasteiger partial charge in [-0.1, -0.05) is 36.2 Å². The van der Waals surface area contributed by atoms with Gasteiger partial charge in [-0.25, -0.2) is 13.2 Å². The molecule has 0 bridgehead atoms. The number of hydrogen-bond acceptors (Lipinski definition) is 3. The smallest absolute Gasteiger partial charge is 0.335 e. The normalized spacial score (nSPS) is 12.5. The van der Waals surface area contributed by atoms with Gasteiger partial charge in [-0.05, 0) is 24.1 Å². The highest BCUT2D eigenvalue weighted by Gasteiger charge is 2.21. The molecule has 19 heavy (non-hydrogen) atoms. The van der Waals surface area contributed by atoms with Gasteiger partial charge in [-0.3, -0.25) is 0 Å². The highest BCUT2D eigenvalue weighted by Crippen LogP contribution is 2.22. The maximum absolute atomic E-state index is 12.2. The van der Waals surface area contributed by atoms with Crippen LogP contribution in [0.4, 0.5) is 0 Å². The first-order chi connectivity index (χ1) is 8.81. The summed E-state index contributed by atoms with van der Waals surface area (Å²) in [5, 5.41) is 8.89. The van der Waals surface area contributed by atoms with Crippen molar-refractivity contribution in [1.82, 2.24) is 0 Å². The maximum atomic E-state index is 12.2. The Morgan fingerprint density at radius 3 is 2.53 bits per heavy atom. The minimum atomic E-state index is -3.72. The van der Waals surface area contributed by atoms with Crippen LogP contribution >= 0.6 is 23.2 Å². The molecule has 0 aliphatic rings. The molecule has 0 unspecified atom stereocenters. The summed E-state index contributed by atoms with van der Waals surface area (Å²) in [4.78, 5) is 10.9. The Balaban J connectivity index is 3.38. The third-order valence-electron chi connectivity index (χ3n) is 2.48. The van der Waals surface area contributed by atoms with Crippen LogP contribution in [0.2, 0.25) is 0 Å². The van der Waals surface area contributed by atoms with Gasteiger partial charge in [0.2, 0.25) is 0 Å². The second kappa shape index (κ2) is 6.41. The lowest BCUT2D eigenvalue weighted by Crippen LogP contribution is -2.11. The zero-order valence-corrected chi connectivity index (χ0v) is 12.4. The number of aryl methyl sites for hydroxylation is 1. The topological polar surface area (TPSA) is 71.4 Å². The average molecular weight is 323 g/mol. The van der Waals surface area contributed by atoms with Crippen LogP contribution in [0.1, 0.15) is 22.8 Å². The molecule has 0 radical (unpaired) electrons. The highest BCUT2D eigenvalue weighted by molar-refractivity contribution is 7.91. The summed E-state index contributed by atoms with van der Waals surface area (Å²) in [5.74, 6) is -1.63. The summed E-state index contributed by atoms with van der Waals surface area (Å²) in [6.45, 7) is 1.79. The van der Waals surface area contributed by atoms with Gasteiger partial charge in [0.15, 0.2) is 9.84 Å². The molecule has 0 aromatic heterocycles. The summed E-state index contributed by atoms with van der Waals surface area (Å²) in [6.07, 6.45) is 0.469. The van der Waals surface area contributed by atoms with E-state index in [1.807, 2.05) is 0 Å². The van der Waals surface area contributed by atoms with E-state index in [0.29, 0.717) is 12.0 Å². The van der Waals surface area contributed by atoms with Crippen LogP contribution < -0.4 is 0 Å². The molecule has 0 saturated carbocycles. The van der Waals surface area contributed by atoms with E-state index in [-0.39, 0.29) is 15.5 Å². The third-order valence-corrected chi connectivity index (χ3v) is 4.99. The van der Waals surface area contributed by atoms with Gasteiger partial charge >= 0.3 is 5.97 Å². The minimum absolute atomic E-state index is 0.0217. The zero-order valence-electron chi connectivity index (χ0n) is 10.1. The zero-order chi connectivity index (χ0) is 14.6. The summed E-state index contributed by atoms with van der Waals surface area (Å²) in [5.41, 5.74) is 1.44. The molecule has 0 atom stereocenters. The van der Waals surface area contributed by atoms with Crippen LogP contribution in [0.5, 0.6) is 0 Å². The van der Waals surface area contributed by atoms with Crippen LogP contribution in [0, 0.1) is 0 Å². The molecule has 1 N–H and O–H groups in total. The van der Waals surface area contributed by atoms with E-state index >= 15 is 0 Å². The van der Waals surface area contributed by atoms with Gasteiger partial charge in [0.25, 0.3) is 0 Å². The molecule has 0 fully saturated rings. The van der Waals surface area contributed by atoms with E-state index in [2.05, 4.69) is 0 Å². The fourth-order valence-corrected chi connectivity index (χ4v) is 3.68. The fraction of sp³-hybridized carbons (Fsp3) is 0.250. The SMILES string of the molecule is CCc1ccc(C(=O)O)cc1S(=O)(=O)CC(Cl)=CCl. The Morgan fingerprint density at radius 2 is 2.05 bits per heavy atom. The molecule has 0 saturated heterocycles. The van der Waals surface area contributed by atoms with Gasteiger partial charge < -0.3 is 5.11 Å². The molecular weight excluding hydrogens is 311 g/mol. The molecule has 7 heteroatoms. The van der Waals surface area contributed by atoms with Crippen LogP contribution in [0.15, 0.2) is 33.7 Å². The first kappa shape index (κ1) is 16.0. The molecule has 1 aromatic rings. The van der Waals surface area contributed by atoms with Crippen molar-refractivity contribution >= 4 is 39.0 Å². The Morgan fingerprint density at radius 1 is 1.42 bits per heavy atom. The number of carboxylic acid groups (broad SMARTS) is 1. The van der Waals surface area contributed by atoms with Gasteiger partial charge in [-0.15, -0.1) is 0 Å². The second-order valence-electron chi connectivity index (χ2n) is 3.80. The van der Waals surface area contributed by atoms with Crippen molar-refractivity contribution in [2.75, 3.05) is 5.75 Å². The molecule has 0 spiro atoms.